The maximum absolute atomic E-state index is 11.9. The Labute approximate surface area is 121 Å². The van der Waals surface area contributed by atoms with Gasteiger partial charge < -0.3 is 5.32 Å². The summed E-state index contributed by atoms with van der Waals surface area (Å²) < 4.78 is 1.49. The number of amides is 1. The van der Waals surface area contributed by atoms with E-state index in [-0.39, 0.29) is 17.2 Å². The van der Waals surface area contributed by atoms with Crippen molar-refractivity contribution in [1.29, 1.82) is 0 Å². The van der Waals surface area contributed by atoms with Gasteiger partial charge in [-0.1, -0.05) is 0 Å². The van der Waals surface area contributed by atoms with Crippen molar-refractivity contribution in [1.82, 2.24) is 24.8 Å². The van der Waals surface area contributed by atoms with Gasteiger partial charge in [0.15, 0.2) is 0 Å². The Morgan fingerprint density at radius 2 is 2.19 bits per heavy atom. The molecule has 7 nitrogen and oxygen atoms in total. The molecule has 0 unspecified atom stereocenters. The van der Waals surface area contributed by atoms with Crippen molar-refractivity contribution in [2.75, 3.05) is 6.54 Å². The van der Waals surface area contributed by atoms with E-state index in [0.29, 0.717) is 19.0 Å². The molecule has 0 bridgehead atoms. The lowest BCUT2D eigenvalue weighted by Gasteiger charge is -2.07. The van der Waals surface area contributed by atoms with Crippen LogP contribution in [0.2, 0.25) is 0 Å². The summed E-state index contributed by atoms with van der Waals surface area (Å²) in [5, 5.41) is 2.70. The molecule has 0 spiro atoms. The van der Waals surface area contributed by atoms with Crippen LogP contribution >= 0.6 is 0 Å². The van der Waals surface area contributed by atoms with Gasteiger partial charge in [0.25, 0.3) is 11.5 Å². The average molecular weight is 285 g/mol. The Morgan fingerprint density at radius 3 is 2.86 bits per heavy atom. The number of nitrogens with zero attached hydrogens (tertiary/aromatic N) is 4. The molecule has 7 heteroatoms. The second-order valence-corrected chi connectivity index (χ2v) is 4.97. The second kappa shape index (κ2) is 5.82. The maximum Gasteiger partial charge on any atom is 0.271 e. The Hall–Kier alpha value is -2.57. The van der Waals surface area contributed by atoms with E-state index in [9.17, 15) is 9.59 Å². The van der Waals surface area contributed by atoms with Crippen LogP contribution in [0.15, 0.2) is 35.8 Å². The van der Waals surface area contributed by atoms with Gasteiger partial charge in [-0.3, -0.25) is 19.1 Å². The van der Waals surface area contributed by atoms with Crippen LogP contribution in [0, 0.1) is 0 Å². The number of carbonyl (C=O) groups is 1. The number of hydrogen-bond acceptors (Lipinski definition) is 5. The lowest BCUT2D eigenvalue weighted by atomic mass is 10.3. The molecule has 1 aliphatic rings. The van der Waals surface area contributed by atoms with Gasteiger partial charge in [-0.05, 0) is 12.8 Å². The van der Waals surface area contributed by atoms with E-state index in [1.54, 1.807) is 12.4 Å². The summed E-state index contributed by atoms with van der Waals surface area (Å²) in [6.07, 6.45) is 8.14. The van der Waals surface area contributed by atoms with Gasteiger partial charge in [-0.25, -0.2) is 9.97 Å². The molecule has 0 aliphatic heterocycles. The fourth-order valence-electron chi connectivity index (χ4n) is 2.01. The van der Waals surface area contributed by atoms with Gasteiger partial charge in [0.1, 0.15) is 5.69 Å². The van der Waals surface area contributed by atoms with Crippen LogP contribution in [0.25, 0.3) is 0 Å². The molecule has 0 aromatic carbocycles. The number of nitrogens with one attached hydrogen (secondary N) is 1. The molecular formula is C14H15N5O2. The predicted molar refractivity (Wildman–Crippen MR) is 74.8 cm³/mol. The largest absolute Gasteiger partial charge is 0.349 e. The third-order valence-corrected chi connectivity index (χ3v) is 3.33. The van der Waals surface area contributed by atoms with Crippen LogP contribution in [0.4, 0.5) is 0 Å². The first kappa shape index (κ1) is 13.4. The van der Waals surface area contributed by atoms with Crippen molar-refractivity contribution in [3.05, 3.63) is 52.7 Å². The standard InChI is InChI=1S/C14H15N5O2/c20-13-7-11(10-1-2-10)18-9-19(13)6-5-17-14(21)12-8-15-3-4-16-12/h3-4,7-10H,1-2,5-6H2,(H,17,21). The fraction of sp³-hybridized carbons (Fsp3) is 0.357. The number of aromatic nitrogens is 4. The number of rotatable bonds is 5. The quantitative estimate of drug-likeness (QED) is 0.855. The summed E-state index contributed by atoms with van der Waals surface area (Å²) in [7, 11) is 0. The minimum absolute atomic E-state index is 0.0827. The van der Waals surface area contributed by atoms with E-state index in [0.717, 1.165) is 18.5 Å². The summed E-state index contributed by atoms with van der Waals surface area (Å²) >= 11 is 0. The first-order chi connectivity index (χ1) is 10.2. The molecule has 1 aliphatic carbocycles. The van der Waals surface area contributed by atoms with E-state index in [4.69, 9.17) is 0 Å². The third kappa shape index (κ3) is 3.31. The molecule has 2 aromatic heterocycles. The van der Waals surface area contributed by atoms with Crippen LogP contribution in [-0.2, 0) is 6.54 Å². The zero-order chi connectivity index (χ0) is 14.7. The Kier molecular flexibility index (Phi) is 3.72. The van der Waals surface area contributed by atoms with Crippen molar-refractivity contribution >= 4 is 5.91 Å². The van der Waals surface area contributed by atoms with Crippen LogP contribution in [-0.4, -0.2) is 32.0 Å². The topological polar surface area (TPSA) is 89.8 Å². The monoisotopic (exact) mass is 285 g/mol. The first-order valence-electron chi connectivity index (χ1n) is 6.84. The van der Waals surface area contributed by atoms with Crippen molar-refractivity contribution in [2.24, 2.45) is 0 Å². The zero-order valence-electron chi connectivity index (χ0n) is 11.4. The predicted octanol–water partition coefficient (Wildman–Crippen LogP) is 0.341. The normalized spacial score (nSPS) is 13.9. The summed E-state index contributed by atoms with van der Waals surface area (Å²) in [6.45, 7) is 0.711. The van der Waals surface area contributed by atoms with Gasteiger partial charge in [0.2, 0.25) is 0 Å². The van der Waals surface area contributed by atoms with Gasteiger partial charge in [-0.15, -0.1) is 0 Å². The van der Waals surface area contributed by atoms with E-state index >= 15 is 0 Å². The number of carbonyl (C=O) groups excluding carboxylic acids is 1. The molecule has 1 fully saturated rings. The SMILES string of the molecule is O=C(NCCn1cnc(C2CC2)cc1=O)c1cnccn1. The lowest BCUT2D eigenvalue weighted by Crippen LogP contribution is -2.31. The highest BCUT2D eigenvalue weighted by Gasteiger charge is 2.25. The Morgan fingerprint density at radius 1 is 1.33 bits per heavy atom. The minimum atomic E-state index is -0.307. The molecular weight excluding hydrogens is 270 g/mol. The van der Waals surface area contributed by atoms with Crippen LogP contribution in [0.3, 0.4) is 0 Å². The highest BCUT2D eigenvalue weighted by molar-refractivity contribution is 5.91. The van der Waals surface area contributed by atoms with Crippen molar-refractivity contribution < 1.29 is 4.79 Å². The van der Waals surface area contributed by atoms with Crippen molar-refractivity contribution in [2.45, 2.75) is 25.3 Å². The molecule has 2 aromatic rings. The van der Waals surface area contributed by atoms with Crippen LogP contribution in [0.1, 0.15) is 34.9 Å². The highest BCUT2D eigenvalue weighted by Crippen LogP contribution is 2.38. The Balaban J connectivity index is 1.56. The van der Waals surface area contributed by atoms with Gasteiger partial charge in [-0.2, -0.15) is 0 Å². The van der Waals surface area contributed by atoms with E-state index in [2.05, 4.69) is 20.3 Å². The summed E-state index contributed by atoms with van der Waals surface area (Å²) in [4.78, 5) is 35.7. The molecule has 21 heavy (non-hydrogen) atoms. The van der Waals surface area contributed by atoms with Gasteiger partial charge >= 0.3 is 0 Å². The van der Waals surface area contributed by atoms with Crippen molar-refractivity contribution in [3.8, 4) is 0 Å². The van der Waals surface area contributed by atoms with E-state index in [1.165, 1.54) is 23.2 Å². The Bertz CT molecular complexity index is 694. The summed E-state index contributed by atoms with van der Waals surface area (Å²) in [5.41, 5.74) is 1.05. The minimum Gasteiger partial charge on any atom is -0.349 e. The molecule has 1 N–H and O–H groups in total. The van der Waals surface area contributed by atoms with E-state index in [1.807, 2.05) is 0 Å². The van der Waals surface area contributed by atoms with Crippen LogP contribution < -0.4 is 10.9 Å². The third-order valence-electron chi connectivity index (χ3n) is 3.33. The number of hydrogen-bond donors (Lipinski definition) is 1. The second-order valence-electron chi connectivity index (χ2n) is 4.97. The fourth-order valence-corrected chi connectivity index (χ4v) is 2.01. The molecule has 3 rings (SSSR count). The molecule has 0 saturated heterocycles. The van der Waals surface area contributed by atoms with Gasteiger partial charge in [0.05, 0.1) is 18.2 Å². The first-order valence-corrected chi connectivity index (χ1v) is 6.84. The van der Waals surface area contributed by atoms with Gasteiger partial charge in [0, 0.05) is 37.5 Å². The van der Waals surface area contributed by atoms with E-state index < -0.39 is 0 Å². The summed E-state index contributed by atoms with van der Waals surface area (Å²) in [6, 6.07) is 1.59. The molecule has 1 amide bonds. The smallest absolute Gasteiger partial charge is 0.271 e. The summed E-state index contributed by atoms with van der Waals surface area (Å²) in [5.74, 6) is 0.155. The molecule has 1 saturated carbocycles. The average Bonchev–Trinajstić information content (AvgIpc) is 3.34. The maximum atomic E-state index is 11.9. The molecule has 0 atom stereocenters. The van der Waals surface area contributed by atoms with Crippen molar-refractivity contribution in [3.63, 3.8) is 0 Å². The molecule has 0 radical (unpaired) electrons. The zero-order valence-corrected chi connectivity index (χ0v) is 11.4. The van der Waals surface area contributed by atoms with Crippen LogP contribution in [0.5, 0.6) is 0 Å². The molecule has 2 heterocycles. The lowest BCUT2D eigenvalue weighted by molar-refractivity contribution is 0.0946. The molecule has 108 valence electrons. The highest BCUT2D eigenvalue weighted by atomic mass is 16.2.